The third-order valence-electron chi connectivity index (χ3n) is 3.35. The number of phenols is 1. The Hall–Kier alpha value is 0.680. The number of halogens is 5. The summed E-state index contributed by atoms with van der Waals surface area (Å²) in [5, 5.41) is 21.9. The normalized spacial score (nSPS) is 11.6. The minimum absolute atomic E-state index is 0. The van der Waals surface area contributed by atoms with E-state index in [4.69, 9.17) is 4.74 Å². The fourth-order valence-electron chi connectivity index (χ4n) is 2.10. The van der Waals surface area contributed by atoms with Crippen molar-refractivity contribution in [2.24, 2.45) is 0 Å². The maximum atomic E-state index is 11.2. The van der Waals surface area contributed by atoms with E-state index in [1.54, 1.807) is 19.2 Å². The summed E-state index contributed by atoms with van der Waals surface area (Å²) in [7, 11) is 1.64. The fraction of sp³-hybridized carbons (Fsp3) is 0.188. The number of likely N-dealkylation sites (N-methyl/N-ethyl adjacent to an activating group) is 1. The van der Waals surface area contributed by atoms with E-state index in [1.165, 1.54) is 0 Å². The molecule has 0 aliphatic rings. The molecule has 2 rings (SSSR count). The van der Waals surface area contributed by atoms with Gasteiger partial charge >= 0.3 is 5.97 Å². The van der Waals surface area contributed by atoms with Crippen LogP contribution < -0.4 is 10.1 Å². The summed E-state index contributed by atoms with van der Waals surface area (Å²) < 4.78 is 9.27. The summed E-state index contributed by atoms with van der Waals surface area (Å²) in [5.74, 6) is 0.744. The van der Waals surface area contributed by atoms with Crippen LogP contribution in [0.1, 0.15) is 5.56 Å². The van der Waals surface area contributed by atoms with Crippen molar-refractivity contribution < 1.29 is 19.7 Å². The van der Waals surface area contributed by atoms with E-state index in [9.17, 15) is 15.0 Å². The Morgan fingerprint density at radius 3 is 2.00 bits per heavy atom. The molecule has 0 amide bonds. The molecule has 2 aromatic rings. The highest BCUT2D eigenvalue weighted by Gasteiger charge is 2.18. The maximum Gasteiger partial charge on any atom is 0.321 e. The van der Waals surface area contributed by atoms with E-state index in [1.807, 2.05) is 12.1 Å². The Kier molecular flexibility index (Phi) is 10.5. The van der Waals surface area contributed by atoms with Crippen molar-refractivity contribution in [1.29, 1.82) is 0 Å². The minimum Gasteiger partial charge on any atom is -0.506 e. The molecule has 0 heterocycles. The number of aromatic hydroxyl groups is 1. The number of benzene rings is 2. The van der Waals surface area contributed by atoms with Crippen LogP contribution in [0.4, 0.5) is 0 Å². The van der Waals surface area contributed by atoms with Crippen LogP contribution in [0.5, 0.6) is 17.2 Å². The van der Waals surface area contributed by atoms with Crippen LogP contribution >= 0.6 is 103 Å². The van der Waals surface area contributed by atoms with Crippen molar-refractivity contribution in [1.82, 2.24) is 5.32 Å². The van der Waals surface area contributed by atoms with Gasteiger partial charge in [0.15, 0.2) is 5.75 Å². The lowest BCUT2D eigenvalue weighted by Gasteiger charge is -2.15. The zero-order chi connectivity index (χ0) is 18.7. The highest BCUT2D eigenvalue weighted by Crippen LogP contribution is 2.36. The van der Waals surface area contributed by atoms with Gasteiger partial charge in [0.2, 0.25) is 0 Å². The number of phenolic OH excluding ortho intramolecular Hbond substituents is 1. The molecule has 2 aromatic carbocycles. The monoisotopic (exact) mass is 827 g/mol. The van der Waals surface area contributed by atoms with Gasteiger partial charge in [-0.05, 0) is 134 Å². The lowest BCUT2D eigenvalue weighted by molar-refractivity contribution is -0.139. The van der Waals surface area contributed by atoms with Crippen LogP contribution in [-0.2, 0) is 11.2 Å². The summed E-state index contributed by atoms with van der Waals surface area (Å²) in [6.45, 7) is 0. The zero-order valence-electron chi connectivity index (χ0n) is 13.2. The highest BCUT2D eigenvalue weighted by atomic mass is 127. The van der Waals surface area contributed by atoms with Crippen LogP contribution in [0.2, 0.25) is 0 Å². The molecule has 0 radical (unpaired) electrons. The third-order valence-corrected chi connectivity index (χ3v) is 6.60. The van der Waals surface area contributed by atoms with E-state index >= 15 is 0 Å². The molecule has 142 valence electrons. The summed E-state index contributed by atoms with van der Waals surface area (Å²) in [6.07, 6.45) is 0.396. The van der Waals surface area contributed by atoms with Crippen molar-refractivity contribution in [3.63, 3.8) is 0 Å². The second-order valence-corrected chi connectivity index (χ2v) is 9.76. The number of carbonyl (C=O) groups is 1. The molecule has 3 N–H and O–H groups in total. The molecule has 5 nitrogen and oxygen atoms in total. The largest absolute Gasteiger partial charge is 0.506 e. The average Bonchev–Trinajstić information content (AvgIpc) is 2.53. The van der Waals surface area contributed by atoms with Crippen LogP contribution in [0, 0.1) is 14.3 Å². The van der Waals surface area contributed by atoms with Crippen molar-refractivity contribution >= 4 is 109 Å². The van der Waals surface area contributed by atoms with Crippen molar-refractivity contribution in [2.45, 2.75) is 12.5 Å². The second kappa shape index (κ2) is 11.0. The van der Waals surface area contributed by atoms with E-state index in [0.717, 1.165) is 25.6 Å². The molecule has 0 bridgehead atoms. The van der Waals surface area contributed by atoms with Gasteiger partial charge in [0, 0.05) is 0 Å². The molecule has 0 saturated carbocycles. The lowest BCUT2D eigenvalue weighted by atomic mass is 10.1. The van der Waals surface area contributed by atoms with Crippen molar-refractivity contribution in [3.8, 4) is 17.2 Å². The molecule has 0 fully saturated rings. The van der Waals surface area contributed by atoms with Gasteiger partial charge in [0.05, 0.1) is 14.3 Å². The number of hydrogen-bond donors (Lipinski definition) is 3. The Bertz CT molecular complexity index is 773. The Labute approximate surface area is 212 Å². The second-order valence-electron chi connectivity index (χ2n) is 5.11. The first-order valence-corrected chi connectivity index (χ1v) is 11.3. The minimum atomic E-state index is -0.874. The zero-order valence-corrected chi connectivity index (χ0v) is 22.7. The molecule has 0 aliphatic heterocycles. The van der Waals surface area contributed by atoms with Gasteiger partial charge in [-0.15, -0.1) is 12.4 Å². The van der Waals surface area contributed by atoms with Gasteiger partial charge in [0.25, 0.3) is 0 Å². The number of aliphatic carboxylic acids is 1. The van der Waals surface area contributed by atoms with Crippen LogP contribution in [-0.4, -0.2) is 29.3 Å². The molecule has 26 heavy (non-hydrogen) atoms. The van der Waals surface area contributed by atoms with Crippen LogP contribution in [0.25, 0.3) is 0 Å². The molecule has 0 aromatic heterocycles. The van der Waals surface area contributed by atoms with E-state index < -0.39 is 12.0 Å². The molecule has 0 spiro atoms. The predicted molar refractivity (Wildman–Crippen MR) is 137 cm³/mol. The number of nitrogens with one attached hydrogen (secondary N) is 1. The standard InChI is InChI=1S/C16H13I4NO4.ClH/c1-21-13(16(23)24)4-7-2-11(19)15(12(20)3-7)25-8-5-9(17)14(22)10(18)6-8;/h2-3,5-6,13,21-22H,4H2,1H3,(H,23,24);1H/t13-;/m0./s1. The van der Waals surface area contributed by atoms with Gasteiger partial charge in [0.1, 0.15) is 17.5 Å². The number of hydrogen-bond acceptors (Lipinski definition) is 4. The maximum absolute atomic E-state index is 11.2. The smallest absolute Gasteiger partial charge is 0.321 e. The Morgan fingerprint density at radius 2 is 1.58 bits per heavy atom. The number of carboxylic acids is 1. The fourth-order valence-corrected chi connectivity index (χ4v) is 5.92. The van der Waals surface area contributed by atoms with Crippen LogP contribution in [0.3, 0.4) is 0 Å². The summed E-state index contributed by atoms with van der Waals surface area (Å²) in [6, 6.07) is 6.79. The van der Waals surface area contributed by atoms with E-state index in [2.05, 4.69) is 95.7 Å². The Balaban J connectivity index is 0.00000338. The topological polar surface area (TPSA) is 78.8 Å². The summed E-state index contributed by atoms with van der Waals surface area (Å²) in [4.78, 5) is 11.2. The first-order chi connectivity index (χ1) is 11.7. The average molecular weight is 827 g/mol. The molecule has 0 saturated heterocycles. The first kappa shape index (κ1) is 24.7. The van der Waals surface area contributed by atoms with E-state index in [-0.39, 0.29) is 18.2 Å². The van der Waals surface area contributed by atoms with Crippen LogP contribution in [0.15, 0.2) is 24.3 Å². The molecule has 0 unspecified atom stereocenters. The summed E-state index contributed by atoms with van der Waals surface area (Å²) >= 11 is 8.50. The molecular formula is C16H14ClI4NO4. The van der Waals surface area contributed by atoms with E-state index in [0.29, 0.717) is 12.2 Å². The summed E-state index contributed by atoms with van der Waals surface area (Å²) in [5.41, 5.74) is 0.928. The highest BCUT2D eigenvalue weighted by molar-refractivity contribution is 14.1. The first-order valence-electron chi connectivity index (χ1n) is 6.96. The van der Waals surface area contributed by atoms with Gasteiger partial charge in [-0.3, -0.25) is 4.79 Å². The van der Waals surface area contributed by atoms with Gasteiger partial charge in [-0.25, -0.2) is 0 Å². The molecule has 10 heteroatoms. The van der Waals surface area contributed by atoms with Gasteiger partial charge < -0.3 is 20.3 Å². The van der Waals surface area contributed by atoms with Crippen molar-refractivity contribution in [3.05, 3.63) is 44.1 Å². The SMILES string of the molecule is CN[C@@H](Cc1cc(I)c(Oc2cc(I)c(O)c(I)c2)c(I)c1)C(=O)O.Cl. The van der Waals surface area contributed by atoms with Crippen molar-refractivity contribution in [2.75, 3.05) is 7.05 Å². The number of carboxylic acid groups (broad SMARTS) is 1. The number of rotatable bonds is 6. The molecule has 1 atom stereocenters. The molecular weight excluding hydrogens is 813 g/mol. The lowest BCUT2D eigenvalue weighted by Crippen LogP contribution is -2.35. The third kappa shape index (κ3) is 6.35. The number of ether oxygens (including phenoxy) is 1. The predicted octanol–water partition coefficient (Wildman–Crippen LogP) is 5.24. The quantitative estimate of drug-likeness (QED) is 0.348. The molecule has 0 aliphatic carbocycles. The Morgan fingerprint density at radius 1 is 1.08 bits per heavy atom. The van der Waals surface area contributed by atoms with Gasteiger partial charge in [-0.1, -0.05) is 0 Å². The van der Waals surface area contributed by atoms with Gasteiger partial charge in [-0.2, -0.15) is 0 Å².